The number of imide groups is 1. The van der Waals surface area contributed by atoms with E-state index in [1.54, 1.807) is 96.1 Å². The second-order valence-corrected chi connectivity index (χ2v) is 25.8. The topological polar surface area (TPSA) is 366 Å². The maximum atomic E-state index is 16.7. The van der Waals surface area contributed by atoms with Gasteiger partial charge in [-0.1, -0.05) is 129 Å². The number of rotatable bonds is 28. The molecule has 11 N–H and O–H groups in total. The first-order valence-corrected chi connectivity index (χ1v) is 30.6. The third kappa shape index (κ3) is 17.9. The number of benzene rings is 4. The van der Waals surface area contributed by atoms with Crippen molar-refractivity contribution >= 4 is 79.4 Å². The number of carbonyl (C=O) groups is 8. The van der Waals surface area contributed by atoms with E-state index in [2.05, 4.69) is 31.6 Å². The number of carboxylic acid groups (broad SMARTS) is 1. The van der Waals surface area contributed by atoms with Gasteiger partial charge in [-0.3, -0.25) is 38.7 Å². The highest BCUT2D eigenvalue weighted by Gasteiger charge is 2.63. The first kappa shape index (κ1) is 69.0. The molecule has 4 aromatic rings. The van der Waals surface area contributed by atoms with Gasteiger partial charge in [0.1, 0.15) is 36.0 Å². The predicted octanol–water partition coefficient (Wildman–Crippen LogP) is 4.85. The van der Waals surface area contributed by atoms with E-state index >= 15 is 19.2 Å². The molecular formula is C61H80BrN9O14S. The zero-order chi connectivity index (χ0) is 63.8. The van der Waals surface area contributed by atoms with Crippen molar-refractivity contribution in [3.8, 4) is 5.75 Å². The van der Waals surface area contributed by atoms with Crippen molar-refractivity contribution < 1.29 is 66.1 Å². The molecule has 25 heteroatoms. The molecule has 0 aliphatic carbocycles. The van der Waals surface area contributed by atoms with Gasteiger partial charge in [0.25, 0.3) is 5.91 Å². The zero-order valence-electron chi connectivity index (χ0n) is 49.7. The third-order valence-electron chi connectivity index (χ3n) is 14.9. The molecule has 5 amide bonds. The lowest BCUT2D eigenvalue weighted by Gasteiger charge is -2.43. The second kappa shape index (κ2) is 30.6. The molecule has 0 spiro atoms. The molecule has 1 fully saturated rings. The minimum atomic E-state index is -4.27. The van der Waals surface area contributed by atoms with E-state index in [4.69, 9.17) is 37.1 Å². The average Bonchev–Trinajstić information content (AvgIpc) is 1.00. The number of aliphatic carboxylic acids is 1. The van der Waals surface area contributed by atoms with Crippen LogP contribution < -0.4 is 38.3 Å². The van der Waals surface area contributed by atoms with Crippen molar-refractivity contribution in [3.05, 3.63) is 130 Å². The van der Waals surface area contributed by atoms with Gasteiger partial charge in [-0.25, -0.2) is 18.0 Å². The quantitative estimate of drug-likeness (QED) is 0.0131. The lowest BCUT2D eigenvalue weighted by molar-refractivity contribution is -0.182. The highest BCUT2D eigenvalue weighted by atomic mass is 79.9. The fraction of sp³-hybridized carbons (Fsp3) is 0.459. The zero-order valence-corrected chi connectivity index (χ0v) is 52.1. The molecule has 466 valence electrons. The van der Waals surface area contributed by atoms with Gasteiger partial charge >= 0.3 is 18.1 Å². The van der Waals surface area contributed by atoms with Crippen LogP contribution in [0.25, 0.3) is 0 Å². The first-order chi connectivity index (χ1) is 40.4. The van der Waals surface area contributed by atoms with Gasteiger partial charge in [0.05, 0.1) is 28.8 Å². The molecule has 5 rings (SSSR count). The second-order valence-electron chi connectivity index (χ2n) is 22.7. The van der Waals surface area contributed by atoms with Crippen molar-refractivity contribution in [2.75, 3.05) is 19.6 Å². The molecule has 1 saturated heterocycles. The van der Waals surface area contributed by atoms with Crippen LogP contribution in [0.4, 0.5) is 4.79 Å². The Labute approximate surface area is 510 Å². The van der Waals surface area contributed by atoms with Gasteiger partial charge < -0.3 is 57.8 Å². The Hall–Kier alpha value is -7.74. The molecule has 86 heavy (non-hydrogen) atoms. The van der Waals surface area contributed by atoms with E-state index < -0.39 is 142 Å². The normalized spacial score (nSPS) is 15.9. The summed E-state index contributed by atoms with van der Waals surface area (Å²) >= 11 is 3.41. The highest BCUT2D eigenvalue weighted by molar-refractivity contribution is 9.10. The number of nitrogens with two attached hydrogens (primary N) is 4. The fourth-order valence-corrected chi connectivity index (χ4v) is 11.4. The summed E-state index contributed by atoms with van der Waals surface area (Å²) in [6, 6.07) is 19.6. The molecule has 0 bridgehead atoms. The van der Waals surface area contributed by atoms with Crippen molar-refractivity contribution in [2.45, 2.75) is 146 Å². The van der Waals surface area contributed by atoms with Crippen LogP contribution in [-0.4, -0.2) is 137 Å². The number of nitrogens with zero attached hydrogens (tertiary/aromatic N) is 3. The number of hydrogen-bond acceptors (Lipinski definition) is 16. The number of carboxylic acids is 1. The molecule has 1 aliphatic heterocycles. The molecule has 7 atom stereocenters. The number of hydrogen-bond donors (Lipinski definition) is 7. The van der Waals surface area contributed by atoms with Crippen LogP contribution >= 0.6 is 15.9 Å². The maximum Gasteiger partial charge on any atom is 0.514 e. The Morgan fingerprint density at radius 2 is 1.48 bits per heavy atom. The monoisotopic (exact) mass is 1270 g/mol. The number of likely N-dealkylation sites (tertiary alicyclic amines) is 1. The number of carbonyl (C=O) groups excluding carboxylic acids is 7. The van der Waals surface area contributed by atoms with Gasteiger partial charge in [0.15, 0.2) is 15.8 Å². The van der Waals surface area contributed by atoms with Crippen molar-refractivity contribution in [1.29, 1.82) is 0 Å². The number of guanidine groups is 1. The van der Waals surface area contributed by atoms with E-state index in [9.17, 15) is 32.7 Å². The Morgan fingerprint density at radius 1 is 0.860 bits per heavy atom. The fourth-order valence-electron chi connectivity index (χ4n) is 9.40. The van der Waals surface area contributed by atoms with Crippen molar-refractivity contribution in [1.82, 2.24) is 20.4 Å². The number of ether oxygens (including phenoxy) is 3. The van der Waals surface area contributed by atoms with Crippen LogP contribution in [0.15, 0.2) is 117 Å². The minimum absolute atomic E-state index is 0.00278. The summed E-state index contributed by atoms with van der Waals surface area (Å²) in [7, 11) is -4.27. The number of aliphatic imine (C=N–C) groups is 1. The van der Waals surface area contributed by atoms with Gasteiger partial charge in [0, 0.05) is 29.5 Å². The number of aryl methyl sites for hydroxylation is 1. The number of esters is 1. The summed E-state index contributed by atoms with van der Waals surface area (Å²) in [6.07, 6.45) is -2.76. The molecular weight excluding hydrogens is 1190 g/mol. The average molecular weight is 1280 g/mol. The van der Waals surface area contributed by atoms with E-state index in [0.29, 0.717) is 14.9 Å². The first-order valence-electron chi connectivity index (χ1n) is 28.3. The molecule has 0 aromatic heterocycles. The van der Waals surface area contributed by atoms with Crippen LogP contribution in [0.1, 0.15) is 96.4 Å². The maximum absolute atomic E-state index is 16.7. The summed E-state index contributed by atoms with van der Waals surface area (Å²) in [6.45, 7) is 12.3. The van der Waals surface area contributed by atoms with Gasteiger partial charge in [-0.05, 0) is 106 Å². The van der Waals surface area contributed by atoms with Crippen LogP contribution in [0.2, 0.25) is 0 Å². The predicted molar refractivity (Wildman–Crippen MR) is 324 cm³/mol. The lowest BCUT2D eigenvalue weighted by atomic mass is 9.77. The number of amides is 5. The van der Waals surface area contributed by atoms with Crippen molar-refractivity contribution in [3.63, 3.8) is 0 Å². The largest absolute Gasteiger partial charge is 0.514 e. The molecule has 1 aliphatic rings. The summed E-state index contributed by atoms with van der Waals surface area (Å²) < 4.78 is 45.8. The lowest BCUT2D eigenvalue weighted by Crippen LogP contribution is -2.75. The Balaban J connectivity index is 1.69. The number of nitrogens with one attached hydrogen (secondary N) is 2. The smallest absolute Gasteiger partial charge is 0.481 e. The standard InChI is InChI=1S/C61H80BrN9O14S/c1-9-60(7,8)85-57(79)61(45(55(76)77)30-39-16-11-10-12-17-39,69-52(73)48-20-15-29-70(48)53(74)47(63)32-44(34-68-58(65)66)86(81,82)43-27-21-38(6)22-28-43)56(78)71(54(75)50(64)37(4)5)49(51(72)67-33-36(2)3)31-40-23-25-42(26-24-40)84-59(80)83-35-41-18-13-14-19-46(41)62/h10-14,16-19,21-28,36-37,44-45,47-50H,9,15,20,29-35,63-64H2,1-8H3,(H,67,72)(H,69,73)(H,76,77)(H4,65,66,68)/t44?,45?,47-,48-,49-,50-,61-/m0/s1. The van der Waals surface area contributed by atoms with Crippen molar-refractivity contribution in [2.24, 2.45) is 45.7 Å². The van der Waals surface area contributed by atoms with Crippen LogP contribution in [0.3, 0.4) is 0 Å². The SMILES string of the molecule is CCC(C)(C)OC(=O)[C@@](NC(=O)[C@@H]1CCCN1C(=O)[C@@H](N)CC(CN=C(N)N)S(=O)(=O)c1ccc(C)cc1)(C(=O)N(C(=O)[C@@H](N)C(C)C)[C@@H](Cc1ccc(OC(=O)OCc2ccccc2Br)cc1)C(=O)NCC(C)C)C(Cc1ccccc1)C(=O)O. The van der Waals surface area contributed by atoms with E-state index in [-0.39, 0.29) is 66.6 Å². The third-order valence-corrected chi connectivity index (χ3v) is 17.8. The van der Waals surface area contributed by atoms with Gasteiger partial charge in [-0.2, -0.15) is 0 Å². The molecule has 1 heterocycles. The Bertz CT molecular complexity index is 3200. The van der Waals surface area contributed by atoms with Crippen LogP contribution in [-0.2, 0) is 72.3 Å². The Kier molecular flexibility index (Phi) is 24.5. The molecule has 23 nitrogen and oxygen atoms in total. The Morgan fingerprint density at radius 3 is 2.06 bits per heavy atom. The molecule has 0 radical (unpaired) electrons. The van der Waals surface area contributed by atoms with Gasteiger partial charge in [0.2, 0.25) is 29.2 Å². The summed E-state index contributed by atoms with van der Waals surface area (Å²) in [4.78, 5) is 126. The van der Waals surface area contributed by atoms with E-state index in [1.807, 2.05) is 0 Å². The highest BCUT2D eigenvalue weighted by Crippen LogP contribution is 2.34. The number of sulfone groups is 1. The van der Waals surface area contributed by atoms with Gasteiger partial charge in [-0.15, -0.1) is 0 Å². The summed E-state index contributed by atoms with van der Waals surface area (Å²) in [5.41, 5.74) is 21.4. The van der Waals surface area contributed by atoms with E-state index in [1.165, 1.54) is 62.4 Å². The van der Waals surface area contributed by atoms with Crippen LogP contribution in [0, 0.1) is 24.7 Å². The van der Waals surface area contributed by atoms with Crippen LogP contribution in [0.5, 0.6) is 5.75 Å². The summed E-state index contributed by atoms with van der Waals surface area (Å²) in [5.74, 6) is -13.3. The molecule has 4 aromatic carbocycles. The minimum Gasteiger partial charge on any atom is -0.481 e. The molecule has 0 saturated carbocycles. The van der Waals surface area contributed by atoms with E-state index in [0.717, 1.165) is 10.5 Å². The molecule has 2 unspecified atom stereocenters. The number of halogens is 1. The summed E-state index contributed by atoms with van der Waals surface area (Å²) in [5, 5.41) is 15.3.